The number of nitrogens with zero attached hydrogens (tertiary/aromatic N) is 2. The van der Waals surface area contributed by atoms with Gasteiger partial charge in [0.05, 0.1) is 31.0 Å². The largest absolute Gasteiger partial charge is 0.711 e. The average molecular weight is 444 g/mol. The van der Waals surface area contributed by atoms with Gasteiger partial charge in [-0.1, -0.05) is 0 Å². The van der Waals surface area contributed by atoms with Gasteiger partial charge in [0.1, 0.15) is 18.0 Å². The molecule has 2 heterocycles. The lowest BCUT2D eigenvalue weighted by Gasteiger charge is -2.21. The zero-order valence-electron chi connectivity index (χ0n) is 17.4. The SMILES string of the molecule is COc1cc(OC)c(F)c(-c2c(N)ccc(-c3ncc4c(c3C)[N+]([O-])=CNC4)c2F)c1F. The summed E-state index contributed by atoms with van der Waals surface area (Å²) in [6, 6.07) is 3.69. The summed E-state index contributed by atoms with van der Waals surface area (Å²) in [6.45, 7) is 2.01. The zero-order chi connectivity index (χ0) is 23.2. The van der Waals surface area contributed by atoms with Crippen LogP contribution in [0.4, 0.5) is 24.5 Å². The Balaban J connectivity index is 2.00. The van der Waals surface area contributed by atoms with E-state index in [9.17, 15) is 5.21 Å². The van der Waals surface area contributed by atoms with E-state index in [1.807, 2.05) is 0 Å². The van der Waals surface area contributed by atoms with Gasteiger partial charge in [-0.05, 0) is 19.1 Å². The number of nitrogen functional groups attached to an aromatic ring is 1. The molecule has 1 aliphatic heterocycles. The van der Waals surface area contributed by atoms with E-state index in [1.54, 1.807) is 6.92 Å². The highest BCUT2D eigenvalue weighted by Gasteiger charge is 2.28. The molecule has 1 aromatic heterocycles. The first-order chi connectivity index (χ1) is 15.3. The first-order valence-corrected chi connectivity index (χ1v) is 9.50. The Morgan fingerprint density at radius 1 is 1.06 bits per heavy atom. The minimum Gasteiger partial charge on any atom is -0.711 e. The van der Waals surface area contributed by atoms with Gasteiger partial charge in [-0.15, -0.1) is 0 Å². The van der Waals surface area contributed by atoms with E-state index in [4.69, 9.17) is 15.2 Å². The van der Waals surface area contributed by atoms with Crippen molar-refractivity contribution in [3.63, 3.8) is 0 Å². The van der Waals surface area contributed by atoms with Crippen LogP contribution < -0.4 is 20.5 Å². The molecular weight excluding hydrogens is 425 g/mol. The Morgan fingerprint density at radius 2 is 1.72 bits per heavy atom. The number of nitrogens with two attached hydrogens (primary N) is 1. The van der Waals surface area contributed by atoms with Crippen LogP contribution in [0.25, 0.3) is 22.4 Å². The Morgan fingerprint density at radius 3 is 2.34 bits per heavy atom. The summed E-state index contributed by atoms with van der Waals surface area (Å²) in [5.74, 6) is -3.93. The Labute approximate surface area is 181 Å². The lowest BCUT2D eigenvalue weighted by molar-refractivity contribution is -0.361. The molecule has 7 nitrogen and oxygen atoms in total. The predicted octanol–water partition coefficient (Wildman–Crippen LogP) is 4.01. The van der Waals surface area contributed by atoms with E-state index in [1.165, 1.54) is 38.9 Å². The molecule has 0 saturated heterocycles. The fourth-order valence-corrected chi connectivity index (χ4v) is 3.80. The second-order valence-electron chi connectivity index (χ2n) is 7.12. The first kappa shape index (κ1) is 21.3. The van der Waals surface area contributed by atoms with E-state index >= 15 is 13.2 Å². The van der Waals surface area contributed by atoms with Crippen molar-refractivity contribution in [3.8, 4) is 33.9 Å². The number of fused-ring (bicyclic) bond motifs is 1. The standard InChI is InChI=1S/C22H19F3N4O3/c1-10-21(28-8-11-7-27-9-29(30)22(10)11)12-4-5-13(26)16(18(12)23)17-19(24)14(31-2)6-15(32-3)20(17)25/h4-6,8-9,27H,7,26H2,1-3H3. The number of halogens is 3. The van der Waals surface area contributed by atoms with Gasteiger partial charge in [0.15, 0.2) is 23.1 Å². The molecule has 4 rings (SSSR count). The third-order valence-electron chi connectivity index (χ3n) is 5.34. The van der Waals surface area contributed by atoms with Crippen LogP contribution >= 0.6 is 0 Å². The monoisotopic (exact) mass is 444 g/mol. The normalized spacial score (nSPS) is 12.6. The molecule has 1 aliphatic rings. The summed E-state index contributed by atoms with van der Waals surface area (Å²) in [5, 5.41) is 15.1. The number of rotatable bonds is 4. The van der Waals surface area contributed by atoms with E-state index in [0.29, 0.717) is 28.1 Å². The molecule has 10 heteroatoms. The molecule has 0 spiro atoms. The van der Waals surface area contributed by atoms with Crippen molar-refractivity contribution in [2.24, 2.45) is 0 Å². The van der Waals surface area contributed by atoms with Crippen LogP contribution in [0.1, 0.15) is 11.1 Å². The minimum atomic E-state index is -1.13. The van der Waals surface area contributed by atoms with Crippen LogP contribution in [0, 0.1) is 29.6 Å². The van der Waals surface area contributed by atoms with Crippen LogP contribution in [0.3, 0.4) is 0 Å². The topological polar surface area (TPSA) is 95.5 Å². The lowest BCUT2D eigenvalue weighted by Crippen LogP contribution is -2.24. The molecule has 3 N–H and O–H groups in total. The molecular formula is C22H19F3N4O3. The van der Waals surface area contributed by atoms with Gasteiger partial charge in [0.2, 0.25) is 6.34 Å². The first-order valence-electron chi connectivity index (χ1n) is 9.50. The molecule has 0 fully saturated rings. The fourth-order valence-electron chi connectivity index (χ4n) is 3.80. The van der Waals surface area contributed by atoms with Crippen LogP contribution in [-0.2, 0) is 6.54 Å². The van der Waals surface area contributed by atoms with Crippen molar-refractivity contribution >= 4 is 17.7 Å². The number of pyridine rings is 1. The molecule has 166 valence electrons. The Hall–Kier alpha value is -3.95. The summed E-state index contributed by atoms with van der Waals surface area (Å²) in [6.07, 6.45) is 2.70. The average Bonchev–Trinajstić information content (AvgIpc) is 2.77. The van der Waals surface area contributed by atoms with Crippen molar-refractivity contribution in [1.29, 1.82) is 0 Å². The Kier molecular flexibility index (Phi) is 5.29. The summed E-state index contributed by atoms with van der Waals surface area (Å²) in [4.78, 5) is 4.30. The van der Waals surface area contributed by atoms with Crippen LogP contribution in [0.5, 0.6) is 11.5 Å². The third kappa shape index (κ3) is 3.15. The molecule has 0 atom stereocenters. The third-order valence-corrected chi connectivity index (χ3v) is 5.34. The number of hydrogen-bond donors (Lipinski definition) is 2. The number of anilines is 1. The zero-order valence-corrected chi connectivity index (χ0v) is 17.4. The van der Waals surface area contributed by atoms with Crippen LogP contribution in [0.15, 0.2) is 24.4 Å². The number of ether oxygens (including phenoxy) is 2. The van der Waals surface area contributed by atoms with Crippen molar-refractivity contribution < 1.29 is 27.4 Å². The summed E-state index contributed by atoms with van der Waals surface area (Å²) in [7, 11) is 2.38. The lowest BCUT2D eigenvalue weighted by atomic mass is 9.94. The van der Waals surface area contributed by atoms with Gasteiger partial charge in [-0.3, -0.25) is 10.3 Å². The van der Waals surface area contributed by atoms with E-state index in [2.05, 4.69) is 10.3 Å². The second-order valence-corrected chi connectivity index (χ2v) is 7.12. The number of hydrogen-bond acceptors (Lipinski definition) is 6. The maximum absolute atomic E-state index is 15.8. The molecule has 0 unspecified atom stereocenters. The van der Waals surface area contributed by atoms with Crippen LogP contribution in [-0.4, -0.2) is 30.3 Å². The van der Waals surface area contributed by atoms with E-state index < -0.39 is 28.6 Å². The molecule has 0 amide bonds. The number of aromatic nitrogens is 1. The number of methoxy groups -OCH3 is 2. The maximum atomic E-state index is 15.8. The smallest absolute Gasteiger partial charge is 0.240 e. The van der Waals surface area contributed by atoms with Crippen molar-refractivity contribution in [1.82, 2.24) is 10.3 Å². The Bertz CT molecular complexity index is 1250. The van der Waals surface area contributed by atoms with Crippen molar-refractivity contribution in [2.75, 3.05) is 20.0 Å². The highest BCUT2D eigenvalue weighted by Crippen LogP contribution is 2.44. The highest BCUT2D eigenvalue weighted by molar-refractivity contribution is 5.85. The second kappa shape index (κ2) is 7.95. The van der Waals surface area contributed by atoms with Gasteiger partial charge >= 0.3 is 0 Å². The fraction of sp³-hybridized carbons (Fsp3) is 0.182. The summed E-state index contributed by atoms with van der Waals surface area (Å²) < 4.78 is 56.5. The molecule has 2 aromatic carbocycles. The van der Waals surface area contributed by atoms with Gasteiger partial charge in [-0.2, -0.15) is 0 Å². The molecule has 0 aliphatic carbocycles. The summed E-state index contributed by atoms with van der Waals surface area (Å²) in [5.41, 5.74) is 5.98. The molecule has 0 radical (unpaired) electrons. The van der Waals surface area contributed by atoms with Gasteiger partial charge in [-0.25, -0.2) is 17.9 Å². The molecule has 0 bridgehead atoms. The summed E-state index contributed by atoms with van der Waals surface area (Å²) >= 11 is 0. The number of nitrogens with one attached hydrogen (secondary N) is 1. The molecule has 3 aromatic rings. The minimum absolute atomic E-state index is 0.0676. The van der Waals surface area contributed by atoms with Crippen molar-refractivity contribution in [3.05, 3.63) is 58.2 Å². The number of benzene rings is 2. The highest BCUT2D eigenvalue weighted by atomic mass is 19.1. The molecule has 0 saturated carbocycles. The maximum Gasteiger partial charge on any atom is 0.240 e. The van der Waals surface area contributed by atoms with Crippen LogP contribution in [0.2, 0.25) is 0 Å². The predicted molar refractivity (Wildman–Crippen MR) is 113 cm³/mol. The van der Waals surface area contributed by atoms with Gasteiger partial charge in [0, 0.05) is 34.6 Å². The quantitative estimate of drug-likeness (QED) is 0.359. The van der Waals surface area contributed by atoms with Crippen molar-refractivity contribution in [2.45, 2.75) is 13.5 Å². The van der Waals surface area contributed by atoms with E-state index in [0.717, 1.165) is 6.07 Å². The molecule has 32 heavy (non-hydrogen) atoms. The van der Waals surface area contributed by atoms with E-state index in [-0.39, 0.29) is 28.4 Å². The van der Waals surface area contributed by atoms with Gasteiger partial charge < -0.3 is 20.4 Å². The van der Waals surface area contributed by atoms with Gasteiger partial charge in [0.25, 0.3) is 0 Å².